The zero-order valence-electron chi connectivity index (χ0n) is 28.6. The van der Waals surface area contributed by atoms with E-state index in [1.54, 1.807) is 0 Å². The molecule has 0 bridgehead atoms. The fraction of sp³-hybridized carbons (Fsp3) is 0. The molecule has 2 heterocycles. The Balaban J connectivity index is 1.30. The Kier molecular flexibility index (Phi) is 6.52. The molecule has 0 amide bonds. The quantitative estimate of drug-likeness (QED) is 0.175. The zero-order chi connectivity index (χ0) is 34.9. The van der Waals surface area contributed by atoms with Crippen LogP contribution in [0.15, 0.2) is 182 Å². The number of hydrogen-bond acceptors (Lipinski definition) is 3. The van der Waals surface area contributed by atoms with Crippen molar-refractivity contribution in [2.75, 3.05) is 0 Å². The van der Waals surface area contributed by atoms with Gasteiger partial charge in [-0.25, -0.2) is 15.0 Å². The van der Waals surface area contributed by atoms with Gasteiger partial charge in [0.2, 0.25) is 0 Å². The second-order valence-corrected chi connectivity index (χ2v) is 13.5. The van der Waals surface area contributed by atoms with Crippen molar-refractivity contribution in [3.8, 4) is 39.9 Å². The standard InChI is InChI=1S/C49H30N4/c1-3-17-32(18-4-1)47-50-48(39-28-15-19-31-16-7-8-22-34(31)39)52-49(51-47)42-30-41-36-24-10-12-26-38(36)46-45(44(41)37-25-11-9-23-35(37)42)40-27-13-14-29-43(40)53(46)33-20-5-2-6-21-33/h1-30H. The Bertz CT molecular complexity index is 3210. The molecule has 246 valence electrons. The molecule has 0 unspecified atom stereocenters. The van der Waals surface area contributed by atoms with Crippen molar-refractivity contribution in [1.82, 2.24) is 19.5 Å². The molecule has 0 radical (unpaired) electrons. The van der Waals surface area contributed by atoms with Crippen LogP contribution in [0.4, 0.5) is 0 Å². The number of nitrogens with zero attached hydrogens (tertiary/aromatic N) is 4. The van der Waals surface area contributed by atoms with E-state index < -0.39 is 0 Å². The van der Waals surface area contributed by atoms with Crippen LogP contribution in [-0.2, 0) is 0 Å². The van der Waals surface area contributed by atoms with E-state index in [-0.39, 0.29) is 0 Å². The first-order valence-corrected chi connectivity index (χ1v) is 18.0. The number of rotatable bonds is 4. The van der Waals surface area contributed by atoms with Gasteiger partial charge in [-0.15, -0.1) is 0 Å². The Labute approximate surface area is 305 Å². The summed E-state index contributed by atoms with van der Waals surface area (Å²) in [7, 11) is 0. The average Bonchev–Trinajstić information content (AvgIpc) is 3.59. The van der Waals surface area contributed by atoms with Gasteiger partial charge in [0.05, 0.1) is 11.0 Å². The lowest BCUT2D eigenvalue weighted by atomic mass is 9.90. The molecule has 0 aliphatic heterocycles. The Hall–Kier alpha value is -7.17. The molecule has 0 aliphatic rings. The normalized spacial score (nSPS) is 11.8. The van der Waals surface area contributed by atoms with Crippen molar-refractivity contribution in [2.24, 2.45) is 0 Å². The Morgan fingerprint density at radius 3 is 1.70 bits per heavy atom. The van der Waals surface area contributed by atoms with Crippen LogP contribution < -0.4 is 0 Å². The van der Waals surface area contributed by atoms with Crippen LogP contribution >= 0.6 is 0 Å². The molecular formula is C49H30N4. The predicted octanol–water partition coefficient (Wildman–Crippen LogP) is 12.6. The van der Waals surface area contributed by atoms with Gasteiger partial charge in [0.1, 0.15) is 0 Å². The highest BCUT2D eigenvalue weighted by Gasteiger charge is 2.23. The van der Waals surface area contributed by atoms with Crippen molar-refractivity contribution in [3.63, 3.8) is 0 Å². The zero-order valence-corrected chi connectivity index (χ0v) is 28.6. The molecule has 2 aromatic heterocycles. The summed E-state index contributed by atoms with van der Waals surface area (Å²) < 4.78 is 2.43. The molecule has 0 atom stereocenters. The molecular weight excluding hydrogens is 645 g/mol. The molecule has 53 heavy (non-hydrogen) atoms. The summed E-state index contributed by atoms with van der Waals surface area (Å²) in [5.41, 5.74) is 6.44. The average molecular weight is 675 g/mol. The minimum absolute atomic E-state index is 0.647. The van der Waals surface area contributed by atoms with Crippen molar-refractivity contribution in [1.29, 1.82) is 0 Å². The van der Waals surface area contributed by atoms with E-state index in [9.17, 15) is 0 Å². The molecule has 0 spiro atoms. The highest BCUT2D eigenvalue weighted by atomic mass is 15.0. The van der Waals surface area contributed by atoms with Crippen LogP contribution in [0.3, 0.4) is 0 Å². The minimum atomic E-state index is 0.647. The lowest BCUT2D eigenvalue weighted by molar-refractivity contribution is 1.08. The minimum Gasteiger partial charge on any atom is -0.309 e. The van der Waals surface area contributed by atoms with E-state index in [2.05, 4.69) is 168 Å². The molecule has 0 saturated carbocycles. The van der Waals surface area contributed by atoms with Crippen molar-refractivity contribution in [2.45, 2.75) is 0 Å². The van der Waals surface area contributed by atoms with Gasteiger partial charge in [-0.2, -0.15) is 0 Å². The number of hydrogen-bond donors (Lipinski definition) is 0. The summed E-state index contributed by atoms with van der Waals surface area (Å²) in [6, 6.07) is 64.4. The lowest BCUT2D eigenvalue weighted by Gasteiger charge is -2.16. The Morgan fingerprint density at radius 2 is 0.906 bits per heavy atom. The van der Waals surface area contributed by atoms with E-state index in [0.29, 0.717) is 17.5 Å². The van der Waals surface area contributed by atoms with Crippen LogP contribution in [0.1, 0.15) is 0 Å². The number of fused-ring (bicyclic) bond motifs is 11. The molecule has 0 fully saturated rings. The highest BCUT2D eigenvalue weighted by molar-refractivity contribution is 6.37. The fourth-order valence-corrected chi connectivity index (χ4v) is 8.31. The highest BCUT2D eigenvalue weighted by Crippen LogP contribution is 2.46. The number of aromatic nitrogens is 4. The molecule has 11 aromatic rings. The van der Waals surface area contributed by atoms with E-state index in [1.807, 2.05) is 18.2 Å². The van der Waals surface area contributed by atoms with Crippen molar-refractivity contribution < 1.29 is 0 Å². The van der Waals surface area contributed by atoms with Gasteiger partial charge in [-0.05, 0) is 56.6 Å². The Morgan fingerprint density at radius 1 is 0.340 bits per heavy atom. The van der Waals surface area contributed by atoms with E-state index in [1.165, 1.54) is 48.7 Å². The van der Waals surface area contributed by atoms with E-state index in [4.69, 9.17) is 15.0 Å². The van der Waals surface area contributed by atoms with Gasteiger partial charge in [-0.1, -0.05) is 158 Å². The van der Waals surface area contributed by atoms with E-state index >= 15 is 0 Å². The second kappa shape index (κ2) is 11.7. The molecule has 0 saturated heterocycles. The summed E-state index contributed by atoms with van der Waals surface area (Å²) in [6.45, 7) is 0. The summed E-state index contributed by atoms with van der Waals surface area (Å²) in [6.07, 6.45) is 0. The van der Waals surface area contributed by atoms with Crippen molar-refractivity contribution in [3.05, 3.63) is 182 Å². The van der Waals surface area contributed by atoms with Gasteiger partial charge in [0.15, 0.2) is 17.5 Å². The fourth-order valence-electron chi connectivity index (χ4n) is 8.31. The molecule has 0 aliphatic carbocycles. The molecule has 4 heteroatoms. The summed E-state index contributed by atoms with van der Waals surface area (Å²) in [5, 5.41) is 11.8. The summed E-state index contributed by atoms with van der Waals surface area (Å²) >= 11 is 0. The topological polar surface area (TPSA) is 43.6 Å². The smallest absolute Gasteiger partial charge is 0.164 e. The van der Waals surface area contributed by atoms with Gasteiger partial charge in [0.25, 0.3) is 0 Å². The molecule has 4 nitrogen and oxygen atoms in total. The third kappa shape index (κ3) is 4.52. The monoisotopic (exact) mass is 674 g/mol. The molecule has 0 N–H and O–H groups in total. The molecule has 11 rings (SSSR count). The predicted molar refractivity (Wildman–Crippen MR) is 220 cm³/mol. The largest absolute Gasteiger partial charge is 0.309 e. The number of para-hydroxylation sites is 2. The summed E-state index contributed by atoms with van der Waals surface area (Å²) in [4.78, 5) is 15.7. The van der Waals surface area contributed by atoms with Crippen LogP contribution in [0.2, 0.25) is 0 Å². The third-order valence-electron chi connectivity index (χ3n) is 10.6. The first-order valence-electron chi connectivity index (χ1n) is 18.0. The second-order valence-electron chi connectivity index (χ2n) is 13.5. The molecule has 9 aromatic carbocycles. The maximum absolute atomic E-state index is 5.32. The van der Waals surface area contributed by atoms with Crippen LogP contribution in [0, 0.1) is 0 Å². The van der Waals surface area contributed by atoms with Gasteiger partial charge in [-0.3, -0.25) is 0 Å². The maximum Gasteiger partial charge on any atom is 0.164 e. The van der Waals surface area contributed by atoms with Gasteiger partial charge in [0, 0.05) is 43.9 Å². The first-order chi connectivity index (χ1) is 26.3. The first kappa shape index (κ1) is 29.5. The van der Waals surface area contributed by atoms with Crippen molar-refractivity contribution >= 4 is 64.9 Å². The van der Waals surface area contributed by atoms with E-state index in [0.717, 1.165) is 38.5 Å². The third-order valence-corrected chi connectivity index (χ3v) is 10.6. The van der Waals surface area contributed by atoms with Gasteiger partial charge >= 0.3 is 0 Å². The van der Waals surface area contributed by atoms with Crippen LogP contribution in [0.5, 0.6) is 0 Å². The number of benzene rings is 9. The SMILES string of the molecule is c1ccc(-c2nc(-c3cccc4ccccc34)nc(-c3cc4c5ccccc5c5c(c6ccccc6n5-c5ccccc5)c4c4ccccc34)n2)cc1. The van der Waals surface area contributed by atoms with Gasteiger partial charge < -0.3 is 4.57 Å². The van der Waals surface area contributed by atoms with Crippen LogP contribution in [0.25, 0.3) is 105 Å². The van der Waals surface area contributed by atoms with Crippen LogP contribution in [-0.4, -0.2) is 19.5 Å². The maximum atomic E-state index is 5.32. The lowest BCUT2D eigenvalue weighted by Crippen LogP contribution is -2.01. The summed E-state index contributed by atoms with van der Waals surface area (Å²) in [5.74, 6) is 1.95.